The van der Waals surface area contributed by atoms with E-state index in [0.29, 0.717) is 0 Å². The summed E-state index contributed by atoms with van der Waals surface area (Å²) in [6.45, 7) is 1.02. The van der Waals surface area contributed by atoms with Crippen molar-refractivity contribution < 1.29 is 5.11 Å². The van der Waals surface area contributed by atoms with Gasteiger partial charge in [-0.05, 0) is 31.0 Å². The Morgan fingerprint density at radius 2 is 1.90 bits per heavy atom. The minimum absolute atomic E-state index is 0.0127. The van der Waals surface area contributed by atoms with Crippen LogP contribution in [0, 0.1) is 5.41 Å². The summed E-state index contributed by atoms with van der Waals surface area (Å²) in [5, 5.41) is 13.1. The SMILES string of the molecule is O=c1[nH]c2ccc(NCC3(CO)CCCCC3)cc2[nH]1. The standard InChI is InChI=1S/C15H21N3O2/c19-10-15(6-2-1-3-7-15)9-16-11-4-5-12-13(8-11)18-14(20)17-12/h4-5,8,16,19H,1-3,6-7,9-10H2,(H2,17,18,20). The lowest BCUT2D eigenvalue weighted by Gasteiger charge is -2.36. The van der Waals surface area contributed by atoms with Gasteiger partial charge in [0.2, 0.25) is 0 Å². The number of fused-ring (bicyclic) bond motifs is 1. The van der Waals surface area contributed by atoms with E-state index in [1.165, 1.54) is 19.3 Å². The Bertz CT molecular complexity index is 638. The van der Waals surface area contributed by atoms with E-state index in [2.05, 4.69) is 15.3 Å². The van der Waals surface area contributed by atoms with Gasteiger partial charge in [-0.25, -0.2) is 4.79 Å². The van der Waals surface area contributed by atoms with Crippen molar-refractivity contribution in [3.8, 4) is 0 Å². The van der Waals surface area contributed by atoms with Gasteiger partial charge in [0.05, 0.1) is 17.6 Å². The van der Waals surface area contributed by atoms with E-state index in [-0.39, 0.29) is 17.7 Å². The molecule has 5 nitrogen and oxygen atoms in total. The monoisotopic (exact) mass is 275 g/mol. The fraction of sp³-hybridized carbons (Fsp3) is 0.533. The molecule has 3 rings (SSSR count). The third kappa shape index (κ3) is 2.58. The minimum atomic E-state index is -0.184. The molecular formula is C15H21N3O2. The molecule has 0 radical (unpaired) electrons. The van der Waals surface area contributed by atoms with Crippen molar-refractivity contribution in [2.24, 2.45) is 5.41 Å². The van der Waals surface area contributed by atoms with Crippen molar-refractivity contribution in [1.29, 1.82) is 0 Å². The maximum atomic E-state index is 11.2. The smallest absolute Gasteiger partial charge is 0.323 e. The summed E-state index contributed by atoms with van der Waals surface area (Å²) in [6, 6.07) is 5.78. The number of nitrogens with one attached hydrogen (secondary N) is 3. The number of H-pyrrole nitrogens is 2. The van der Waals surface area contributed by atoms with Crippen LogP contribution in [0.1, 0.15) is 32.1 Å². The topological polar surface area (TPSA) is 80.9 Å². The van der Waals surface area contributed by atoms with Crippen LogP contribution in [0.5, 0.6) is 0 Å². The van der Waals surface area contributed by atoms with Crippen LogP contribution in [0.15, 0.2) is 23.0 Å². The van der Waals surface area contributed by atoms with Crippen molar-refractivity contribution in [1.82, 2.24) is 9.97 Å². The molecule has 0 amide bonds. The quantitative estimate of drug-likeness (QED) is 0.690. The van der Waals surface area contributed by atoms with Crippen molar-refractivity contribution in [3.63, 3.8) is 0 Å². The van der Waals surface area contributed by atoms with E-state index in [9.17, 15) is 9.90 Å². The molecule has 4 N–H and O–H groups in total. The van der Waals surface area contributed by atoms with Gasteiger partial charge in [0.1, 0.15) is 0 Å². The van der Waals surface area contributed by atoms with Crippen molar-refractivity contribution in [2.75, 3.05) is 18.5 Å². The van der Waals surface area contributed by atoms with Crippen molar-refractivity contribution in [2.45, 2.75) is 32.1 Å². The van der Waals surface area contributed by atoms with Crippen LogP contribution in [0.25, 0.3) is 11.0 Å². The highest BCUT2D eigenvalue weighted by atomic mass is 16.3. The summed E-state index contributed by atoms with van der Waals surface area (Å²) < 4.78 is 0. The first kappa shape index (κ1) is 13.2. The molecule has 1 aliphatic rings. The largest absolute Gasteiger partial charge is 0.396 e. The van der Waals surface area contributed by atoms with Gasteiger partial charge in [0.15, 0.2) is 0 Å². The molecule has 1 fully saturated rings. The summed E-state index contributed by atoms with van der Waals surface area (Å²) in [6.07, 6.45) is 5.84. The van der Waals surface area contributed by atoms with Crippen LogP contribution in [-0.4, -0.2) is 28.2 Å². The Labute approximate surface area is 117 Å². The van der Waals surface area contributed by atoms with E-state index in [4.69, 9.17) is 0 Å². The summed E-state index contributed by atoms with van der Waals surface area (Å²) in [4.78, 5) is 16.7. The van der Waals surface area contributed by atoms with Crippen molar-refractivity contribution in [3.05, 3.63) is 28.7 Å². The number of aliphatic hydroxyl groups is 1. The zero-order valence-corrected chi connectivity index (χ0v) is 11.5. The molecule has 0 bridgehead atoms. The van der Waals surface area contributed by atoms with Crippen LogP contribution >= 0.6 is 0 Å². The molecule has 0 atom stereocenters. The van der Waals surface area contributed by atoms with Crippen LogP contribution < -0.4 is 11.0 Å². The molecule has 0 saturated heterocycles. The maximum absolute atomic E-state index is 11.2. The number of aliphatic hydroxyl groups excluding tert-OH is 1. The van der Waals surface area contributed by atoms with Gasteiger partial charge < -0.3 is 20.4 Å². The number of imidazole rings is 1. The highest BCUT2D eigenvalue weighted by molar-refractivity contribution is 5.78. The fourth-order valence-corrected chi connectivity index (χ4v) is 3.12. The first-order valence-electron chi connectivity index (χ1n) is 7.28. The van der Waals surface area contributed by atoms with Gasteiger partial charge in [-0.2, -0.15) is 0 Å². The molecule has 5 heteroatoms. The zero-order valence-electron chi connectivity index (χ0n) is 11.5. The first-order valence-corrected chi connectivity index (χ1v) is 7.28. The van der Waals surface area contributed by atoms with Crippen LogP contribution in [0.2, 0.25) is 0 Å². The summed E-state index contributed by atoms with van der Waals surface area (Å²) in [7, 11) is 0. The highest BCUT2D eigenvalue weighted by Crippen LogP contribution is 2.36. The Hall–Kier alpha value is -1.75. The number of rotatable bonds is 4. The van der Waals surface area contributed by atoms with Gasteiger partial charge in [0.25, 0.3) is 0 Å². The van der Waals surface area contributed by atoms with Gasteiger partial charge in [-0.15, -0.1) is 0 Å². The number of hydrogen-bond acceptors (Lipinski definition) is 3. The molecule has 0 unspecified atom stereocenters. The lowest BCUT2D eigenvalue weighted by atomic mass is 9.74. The summed E-state index contributed by atoms with van der Waals surface area (Å²) in [5.41, 5.74) is 2.43. The van der Waals surface area contributed by atoms with E-state index in [1.807, 2.05) is 18.2 Å². The normalized spacial score (nSPS) is 18.2. The third-order valence-corrected chi connectivity index (χ3v) is 4.43. The predicted octanol–water partition coefficient (Wildman–Crippen LogP) is 2.21. The second kappa shape index (κ2) is 5.32. The second-order valence-electron chi connectivity index (χ2n) is 5.91. The van der Waals surface area contributed by atoms with E-state index in [0.717, 1.165) is 36.1 Å². The minimum Gasteiger partial charge on any atom is -0.396 e. The zero-order chi connectivity index (χ0) is 14.0. The second-order valence-corrected chi connectivity index (χ2v) is 5.91. The first-order chi connectivity index (χ1) is 9.71. The average molecular weight is 275 g/mol. The molecule has 1 aromatic carbocycles. The molecule has 0 aliphatic heterocycles. The number of hydrogen-bond donors (Lipinski definition) is 4. The van der Waals surface area contributed by atoms with Gasteiger partial charge in [0, 0.05) is 17.6 Å². The predicted molar refractivity (Wildman–Crippen MR) is 80.0 cm³/mol. The lowest BCUT2D eigenvalue weighted by molar-refractivity contribution is 0.0944. The molecule has 108 valence electrons. The Kier molecular flexibility index (Phi) is 3.53. The molecule has 1 saturated carbocycles. The summed E-state index contributed by atoms with van der Waals surface area (Å²) >= 11 is 0. The molecule has 0 spiro atoms. The van der Waals surface area contributed by atoms with Crippen LogP contribution in [0.4, 0.5) is 5.69 Å². The van der Waals surface area contributed by atoms with Gasteiger partial charge >= 0.3 is 5.69 Å². The van der Waals surface area contributed by atoms with Gasteiger partial charge in [-0.1, -0.05) is 19.3 Å². The number of benzene rings is 1. The van der Waals surface area contributed by atoms with E-state index >= 15 is 0 Å². The van der Waals surface area contributed by atoms with Crippen LogP contribution in [0.3, 0.4) is 0 Å². The summed E-state index contributed by atoms with van der Waals surface area (Å²) in [5.74, 6) is 0. The number of anilines is 1. The average Bonchev–Trinajstić information content (AvgIpc) is 2.85. The third-order valence-electron chi connectivity index (χ3n) is 4.43. The molecule has 20 heavy (non-hydrogen) atoms. The lowest BCUT2D eigenvalue weighted by Crippen LogP contribution is -2.35. The maximum Gasteiger partial charge on any atom is 0.323 e. The molecule has 1 aliphatic carbocycles. The van der Waals surface area contributed by atoms with Crippen molar-refractivity contribution >= 4 is 16.7 Å². The van der Waals surface area contributed by atoms with Gasteiger partial charge in [-0.3, -0.25) is 0 Å². The number of aromatic amines is 2. The molecule has 1 aromatic heterocycles. The van der Waals surface area contributed by atoms with Crippen LogP contribution in [-0.2, 0) is 0 Å². The molecular weight excluding hydrogens is 254 g/mol. The number of aromatic nitrogens is 2. The Morgan fingerprint density at radius 3 is 2.65 bits per heavy atom. The van der Waals surface area contributed by atoms with E-state index < -0.39 is 0 Å². The molecule has 1 heterocycles. The Balaban J connectivity index is 1.73. The Morgan fingerprint density at radius 1 is 1.15 bits per heavy atom. The van der Waals surface area contributed by atoms with E-state index in [1.54, 1.807) is 0 Å². The highest BCUT2D eigenvalue weighted by Gasteiger charge is 2.31. The molecule has 2 aromatic rings. The fourth-order valence-electron chi connectivity index (χ4n) is 3.12.